The van der Waals surface area contributed by atoms with E-state index in [1.807, 2.05) is 49.4 Å². The molecule has 1 aliphatic rings. The zero-order valence-electron chi connectivity index (χ0n) is 14.1. The summed E-state index contributed by atoms with van der Waals surface area (Å²) in [5.41, 5.74) is 2.39. The van der Waals surface area contributed by atoms with E-state index < -0.39 is 0 Å². The van der Waals surface area contributed by atoms with Crippen molar-refractivity contribution in [2.24, 2.45) is 0 Å². The van der Waals surface area contributed by atoms with Gasteiger partial charge in [-0.1, -0.05) is 48.5 Å². The second-order valence-electron chi connectivity index (χ2n) is 6.15. The predicted octanol–water partition coefficient (Wildman–Crippen LogP) is 2.77. The number of nitrogens with one attached hydrogen (secondary N) is 2. The van der Waals surface area contributed by atoms with E-state index in [1.54, 1.807) is 16.8 Å². The number of fused-ring (bicyclic) bond motifs is 1. The van der Waals surface area contributed by atoms with Crippen LogP contribution in [0.5, 0.6) is 0 Å². The Balaban J connectivity index is 1.64. The molecular formula is C19H17N5O2. The van der Waals surface area contributed by atoms with Gasteiger partial charge in [-0.05, 0) is 24.1 Å². The summed E-state index contributed by atoms with van der Waals surface area (Å²) in [6, 6.07) is 16.7. The average Bonchev–Trinajstić information content (AvgIpc) is 3.04. The first-order chi connectivity index (χ1) is 12.6. The van der Waals surface area contributed by atoms with Gasteiger partial charge in [0.25, 0.3) is 11.9 Å². The molecule has 1 aromatic heterocycles. The summed E-state index contributed by atoms with van der Waals surface area (Å²) in [6.07, 6.45) is 0.269. The third-order valence-corrected chi connectivity index (χ3v) is 4.36. The molecule has 26 heavy (non-hydrogen) atoms. The first-order valence-corrected chi connectivity index (χ1v) is 8.30. The summed E-state index contributed by atoms with van der Waals surface area (Å²) in [6.45, 7) is 1.87. The molecule has 1 aliphatic heterocycles. The molecule has 130 valence electrons. The maximum Gasteiger partial charge on any atom is 0.258 e. The van der Waals surface area contributed by atoms with Gasteiger partial charge in [0.1, 0.15) is 0 Å². The van der Waals surface area contributed by atoms with Crippen molar-refractivity contribution in [2.75, 3.05) is 10.6 Å². The third kappa shape index (κ3) is 2.95. The van der Waals surface area contributed by atoms with Gasteiger partial charge in [0.05, 0.1) is 12.5 Å². The second-order valence-corrected chi connectivity index (χ2v) is 6.15. The number of amides is 2. The van der Waals surface area contributed by atoms with Crippen LogP contribution in [0, 0.1) is 6.92 Å². The third-order valence-electron chi connectivity index (χ3n) is 4.36. The Morgan fingerprint density at radius 2 is 1.88 bits per heavy atom. The van der Waals surface area contributed by atoms with Crippen molar-refractivity contribution in [1.82, 2.24) is 14.8 Å². The van der Waals surface area contributed by atoms with Gasteiger partial charge in [0, 0.05) is 5.56 Å². The molecule has 3 aromatic rings. The Bertz CT molecular complexity index is 981. The minimum absolute atomic E-state index is 0.129. The number of carbonyl (C=O) groups excluding carboxylic acids is 2. The van der Waals surface area contributed by atoms with Crippen molar-refractivity contribution in [3.8, 4) is 0 Å². The van der Waals surface area contributed by atoms with Gasteiger partial charge in [-0.25, -0.2) is 4.68 Å². The van der Waals surface area contributed by atoms with Gasteiger partial charge in [0.15, 0.2) is 0 Å². The second kappa shape index (κ2) is 6.44. The topological polar surface area (TPSA) is 88.9 Å². The molecule has 2 amide bonds. The van der Waals surface area contributed by atoms with Crippen LogP contribution in [0.2, 0.25) is 0 Å². The molecular weight excluding hydrogens is 330 g/mol. The molecule has 1 atom stereocenters. The fraction of sp³-hybridized carbons (Fsp3) is 0.158. The van der Waals surface area contributed by atoms with Crippen LogP contribution in [0.25, 0.3) is 0 Å². The van der Waals surface area contributed by atoms with E-state index >= 15 is 0 Å². The van der Waals surface area contributed by atoms with E-state index in [0.29, 0.717) is 11.5 Å². The molecule has 0 aliphatic carbocycles. The van der Waals surface area contributed by atoms with Crippen LogP contribution in [0.4, 0.5) is 11.9 Å². The van der Waals surface area contributed by atoms with Gasteiger partial charge in [-0.3, -0.25) is 20.2 Å². The Morgan fingerprint density at radius 3 is 2.65 bits per heavy atom. The molecule has 7 nitrogen and oxygen atoms in total. The SMILES string of the molecule is Cc1ccccc1C(=O)Nc1nc2n(n1)[C@@H](c1ccccc1)CC(=O)N2. The summed E-state index contributed by atoms with van der Waals surface area (Å²) in [5.74, 6) is 0.0794. The highest BCUT2D eigenvalue weighted by molar-refractivity contribution is 6.04. The zero-order chi connectivity index (χ0) is 18.1. The molecule has 2 N–H and O–H groups in total. The summed E-state index contributed by atoms with van der Waals surface area (Å²) in [4.78, 5) is 28.8. The van der Waals surface area contributed by atoms with Gasteiger partial charge < -0.3 is 0 Å². The molecule has 0 fully saturated rings. The quantitative estimate of drug-likeness (QED) is 0.762. The summed E-state index contributed by atoms with van der Waals surface area (Å²) >= 11 is 0. The van der Waals surface area contributed by atoms with Crippen LogP contribution in [0.1, 0.15) is 33.9 Å². The minimum atomic E-state index is -0.284. The highest BCUT2D eigenvalue weighted by atomic mass is 16.2. The lowest BCUT2D eigenvalue weighted by molar-refractivity contribution is -0.117. The molecule has 0 bridgehead atoms. The minimum Gasteiger partial charge on any atom is -0.295 e. The lowest BCUT2D eigenvalue weighted by Crippen LogP contribution is -2.29. The zero-order valence-corrected chi connectivity index (χ0v) is 14.1. The van der Waals surface area contributed by atoms with Crippen LogP contribution in [-0.2, 0) is 4.79 Å². The monoisotopic (exact) mass is 347 g/mol. The highest BCUT2D eigenvalue weighted by Gasteiger charge is 2.29. The molecule has 4 rings (SSSR count). The van der Waals surface area contributed by atoms with Crippen molar-refractivity contribution < 1.29 is 9.59 Å². The van der Waals surface area contributed by atoms with Gasteiger partial charge in [0.2, 0.25) is 11.9 Å². The number of nitrogens with zero attached hydrogens (tertiary/aromatic N) is 3. The largest absolute Gasteiger partial charge is 0.295 e. The molecule has 0 unspecified atom stereocenters. The number of benzene rings is 2. The average molecular weight is 347 g/mol. The number of anilines is 2. The van der Waals surface area contributed by atoms with E-state index in [9.17, 15) is 9.59 Å². The summed E-state index contributed by atoms with van der Waals surface area (Å²) in [5, 5.41) is 9.81. The van der Waals surface area contributed by atoms with Crippen molar-refractivity contribution in [3.63, 3.8) is 0 Å². The van der Waals surface area contributed by atoms with Crippen molar-refractivity contribution in [1.29, 1.82) is 0 Å². The van der Waals surface area contributed by atoms with E-state index in [-0.39, 0.29) is 30.2 Å². The fourth-order valence-electron chi connectivity index (χ4n) is 3.05. The first-order valence-electron chi connectivity index (χ1n) is 8.30. The first kappa shape index (κ1) is 16.0. The number of carbonyl (C=O) groups is 2. The van der Waals surface area contributed by atoms with Crippen LogP contribution in [0.3, 0.4) is 0 Å². The molecule has 7 heteroatoms. The smallest absolute Gasteiger partial charge is 0.258 e. The summed E-state index contributed by atoms with van der Waals surface area (Å²) < 4.78 is 1.64. The number of hydrogen-bond donors (Lipinski definition) is 2. The number of aromatic nitrogens is 3. The van der Waals surface area contributed by atoms with Crippen molar-refractivity contribution in [2.45, 2.75) is 19.4 Å². The lowest BCUT2D eigenvalue weighted by Gasteiger charge is -2.23. The number of hydrogen-bond acceptors (Lipinski definition) is 4. The van der Waals surface area contributed by atoms with Crippen molar-refractivity contribution in [3.05, 3.63) is 71.3 Å². The Kier molecular flexibility index (Phi) is 3.96. The molecule has 2 heterocycles. The van der Waals surface area contributed by atoms with Crippen LogP contribution in [-0.4, -0.2) is 26.6 Å². The molecule has 0 saturated carbocycles. The van der Waals surface area contributed by atoms with Gasteiger partial charge >= 0.3 is 0 Å². The van der Waals surface area contributed by atoms with E-state index in [1.165, 1.54) is 0 Å². The van der Waals surface area contributed by atoms with E-state index in [4.69, 9.17) is 0 Å². The van der Waals surface area contributed by atoms with Crippen molar-refractivity contribution >= 4 is 23.7 Å². The maximum absolute atomic E-state index is 12.5. The summed E-state index contributed by atoms with van der Waals surface area (Å²) in [7, 11) is 0. The van der Waals surface area contributed by atoms with E-state index in [2.05, 4.69) is 20.7 Å². The Morgan fingerprint density at radius 1 is 1.15 bits per heavy atom. The van der Waals surface area contributed by atoms with Crippen LogP contribution < -0.4 is 10.6 Å². The molecule has 0 radical (unpaired) electrons. The van der Waals surface area contributed by atoms with E-state index in [0.717, 1.165) is 11.1 Å². The van der Waals surface area contributed by atoms with Crippen LogP contribution >= 0.6 is 0 Å². The van der Waals surface area contributed by atoms with Gasteiger partial charge in [-0.2, -0.15) is 4.98 Å². The number of aryl methyl sites for hydroxylation is 1. The Hall–Kier alpha value is -3.48. The molecule has 2 aromatic carbocycles. The predicted molar refractivity (Wildman–Crippen MR) is 97.0 cm³/mol. The fourth-order valence-corrected chi connectivity index (χ4v) is 3.05. The Labute approximate surface area is 150 Å². The van der Waals surface area contributed by atoms with Crippen LogP contribution in [0.15, 0.2) is 54.6 Å². The maximum atomic E-state index is 12.5. The lowest BCUT2D eigenvalue weighted by atomic mass is 10.0. The standard InChI is InChI=1S/C19H17N5O2/c1-12-7-5-6-10-14(12)17(26)21-18-22-19-20-16(25)11-15(24(19)23-18)13-8-3-2-4-9-13/h2-10,15H,11H2,1H3,(H2,20,21,22,23,25,26)/t15-/m1/s1. The normalized spacial score (nSPS) is 15.9. The highest BCUT2D eigenvalue weighted by Crippen LogP contribution is 2.29. The molecule has 0 saturated heterocycles. The van der Waals surface area contributed by atoms with Gasteiger partial charge in [-0.15, -0.1) is 5.10 Å². The molecule has 0 spiro atoms. The number of rotatable bonds is 3.